The quantitative estimate of drug-likeness (QED) is 0.745. The van der Waals surface area contributed by atoms with Crippen molar-refractivity contribution in [2.75, 3.05) is 18.5 Å². The Hall–Kier alpha value is -2.18. The summed E-state index contributed by atoms with van der Waals surface area (Å²) in [5, 5.41) is 5.38. The van der Waals surface area contributed by atoms with Gasteiger partial charge in [0.05, 0.1) is 12.6 Å². The van der Waals surface area contributed by atoms with Crippen molar-refractivity contribution in [3.63, 3.8) is 0 Å². The maximum Gasteiger partial charge on any atom is 0.341 e. The zero-order chi connectivity index (χ0) is 18.4. The first kappa shape index (κ1) is 19.1. The normalized spacial score (nSPS) is 10.8. The lowest BCUT2D eigenvalue weighted by molar-refractivity contribution is -0.672. The largest absolute Gasteiger partial charge is 0.462 e. The summed E-state index contributed by atoms with van der Waals surface area (Å²) in [4.78, 5) is 25.7. The van der Waals surface area contributed by atoms with Gasteiger partial charge in [-0.25, -0.2) is 4.79 Å². The molecule has 0 saturated carbocycles. The molecule has 0 atom stereocenters. The predicted molar refractivity (Wildman–Crippen MR) is 101 cm³/mol. The highest BCUT2D eigenvalue weighted by Crippen LogP contribution is 2.40. The monoisotopic (exact) mass is 361 g/mol. The number of hydrogen-bond acceptors (Lipinski definition) is 4. The Balaban J connectivity index is 2.39. The molecule has 0 radical (unpaired) electrons. The van der Waals surface area contributed by atoms with Gasteiger partial charge < -0.3 is 15.4 Å². The second-order valence-electron chi connectivity index (χ2n) is 6.06. The summed E-state index contributed by atoms with van der Waals surface area (Å²) in [5.41, 5.74) is 2.20. The van der Waals surface area contributed by atoms with Crippen molar-refractivity contribution in [3.05, 3.63) is 40.8 Å². The lowest BCUT2D eigenvalue weighted by atomic mass is 10.0. The molecule has 5 nitrogen and oxygen atoms in total. The molecule has 134 valence electrons. The third-order valence-corrected chi connectivity index (χ3v) is 4.67. The van der Waals surface area contributed by atoms with Gasteiger partial charge in [0.25, 0.3) is 5.91 Å². The molecule has 0 saturated heterocycles. The smallest absolute Gasteiger partial charge is 0.341 e. The third-order valence-electron chi connectivity index (χ3n) is 3.65. The number of carbonyl (C=O) groups excluding carboxylic acids is 2. The highest BCUT2D eigenvalue weighted by Gasteiger charge is 2.25. The van der Waals surface area contributed by atoms with Crippen LogP contribution in [0.5, 0.6) is 0 Å². The van der Waals surface area contributed by atoms with Crippen molar-refractivity contribution < 1.29 is 19.6 Å². The average Bonchev–Trinajstić information content (AvgIpc) is 2.90. The van der Waals surface area contributed by atoms with Crippen LogP contribution in [-0.2, 0) is 9.53 Å². The van der Waals surface area contributed by atoms with Crippen molar-refractivity contribution in [2.24, 2.45) is 0 Å². The van der Waals surface area contributed by atoms with E-state index >= 15 is 0 Å². The first-order chi connectivity index (χ1) is 11.9. The first-order valence-electron chi connectivity index (χ1n) is 8.43. The molecule has 0 bridgehead atoms. The second-order valence-corrected chi connectivity index (χ2v) is 7.28. The third kappa shape index (κ3) is 4.90. The van der Waals surface area contributed by atoms with Gasteiger partial charge in [0.1, 0.15) is 10.6 Å². The number of ether oxygens (including phenoxy) is 1. The number of rotatable bonds is 7. The maximum atomic E-state index is 12.5. The summed E-state index contributed by atoms with van der Waals surface area (Å²) >= 11 is 1.41. The van der Waals surface area contributed by atoms with Crippen LogP contribution >= 0.6 is 11.3 Å². The summed E-state index contributed by atoms with van der Waals surface area (Å²) in [7, 11) is 0. The molecule has 1 aromatic heterocycles. The number of benzene rings is 1. The molecule has 6 heteroatoms. The van der Waals surface area contributed by atoms with Crippen molar-refractivity contribution >= 4 is 28.2 Å². The molecular weight excluding hydrogens is 336 g/mol. The Morgan fingerprint density at radius 2 is 1.92 bits per heavy atom. The number of amides is 1. The van der Waals surface area contributed by atoms with E-state index < -0.39 is 5.97 Å². The molecule has 0 unspecified atom stereocenters. The van der Waals surface area contributed by atoms with Crippen LogP contribution in [0.15, 0.2) is 30.3 Å². The lowest BCUT2D eigenvalue weighted by Crippen LogP contribution is -2.90. The summed E-state index contributed by atoms with van der Waals surface area (Å²) in [6, 6.07) is 10.0. The molecule has 1 heterocycles. The van der Waals surface area contributed by atoms with Crippen LogP contribution in [0.2, 0.25) is 0 Å². The Morgan fingerprint density at radius 1 is 1.24 bits per heavy atom. The topological polar surface area (TPSA) is 72.0 Å². The van der Waals surface area contributed by atoms with E-state index in [2.05, 4.69) is 5.32 Å². The van der Waals surface area contributed by atoms with E-state index in [0.717, 1.165) is 16.0 Å². The van der Waals surface area contributed by atoms with Gasteiger partial charge in [0.2, 0.25) is 0 Å². The SMILES string of the molecule is CCOC(=O)c1c(NC(=O)C[NH2+]C(C)C)sc(C)c1-c1ccccc1. The van der Waals surface area contributed by atoms with Gasteiger partial charge in [0.15, 0.2) is 6.54 Å². The molecule has 0 fully saturated rings. The lowest BCUT2D eigenvalue weighted by Gasteiger charge is -2.09. The molecule has 3 N–H and O–H groups in total. The highest BCUT2D eigenvalue weighted by molar-refractivity contribution is 7.17. The zero-order valence-corrected chi connectivity index (χ0v) is 15.9. The Labute approximate surface area is 152 Å². The van der Waals surface area contributed by atoms with Crippen LogP contribution in [0.3, 0.4) is 0 Å². The van der Waals surface area contributed by atoms with E-state index in [-0.39, 0.29) is 12.5 Å². The molecular formula is C19H25N2O3S+. The van der Waals surface area contributed by atoms with Crippen LogP contribution in [0.25, 0.3) is 11.1 Å². The van der Waals surface area contributed by atoms with Gasteiger partial charge in [-0.2, -0.15) is 0 Å². The van der Waals surface area contributed by atoms with E-state index in [1.165, 1.54) is 11.3 Å². The van der Waals surface area contributed by atoms with Crippen LogP contribution in [0, 0.1) is 6.92 Å². The number of carbonyl (C=O) groups is 2. The standard InChI is InChI=1S/C19H24N2O3S/c1-5-24-19(23)17-16(14-9-7-6-8-10-14)13(4)25-18(17)21-15(22)11-20-12(2)3/h6-10,12,20H,5,11H2,1-4H3,(H,21,22)/p+1. The fourth-order valence-electron chi connectivity index (χ4n) is 2.50. The van der Waals surface area contributed by atoms with Crippen molar-refractivity contribution in [1.82, 2.24) is 0 Å². The molecule has 1 aromatic carbocycles. The van der Waals surface area contributed by atoms with E-state index in [4.69, 9.17) is 4.74 Å². The van der Waals surface area contributed by atoms with E-state index in [1.54, 1.807) is 6.92 Å². The van der Waals surface area contributed by atoms with Crippen molar-refractivity contribution in [1.29, 1.82) is 0 Å². The summed E-state index contributed by atoms with van der Waals surface area (Å²) in [6.45, 7) is 8.38. The van der Waals surface area contributed by atoms with Crippen molar-refractivity contribution in [2.45, 2.75) is 33.7 Å². The van der Waals surface area contributed by atoms with Gasteiger partial charge in [-0.1, -0.05) is 30.3 Å². The zero-order valence-electron chi connectivity index (χ0n) is 15.1. The van der Waals surface area contributed by atoms with Gasteiger partial charge >= 0.3 is 5.97 Å². The molecule has 0 aliphatic heterocycles. The van der Waals surface area contributed by atoms with E-state index in [1.807, 2.05) is 56.4 Å². The van der Waals surface area contributed by atoms with Gasteiger partial charge in [-0.05, 0) is 33.3 Å². The number of anilines is 1. The minimum Gasteiger partial charge on any atom is -0.462 e. The second kappa shape index (κ2) is 8.78. The van der Waals surface area contributed by atoms with Crippen molar-refractivity contribution in [3.8, 4) is 11.1 Å². The van der Waals surface area contributed by atoms with E-state index in [9.17, 15) is 9.59 Å². The number of thiophene rings is 1. The number of aryl methyl sites for hydroxylation is 1. The first-order valence-corrected chi connectivity index (χ1v) is 9.24. The fraction of sp³-hybridized carbons (Fsp3) is 0.368. The summed E-state index contributed by atoms with van der Waals surface area (Å²) < 4.78 is 5.23. The molecule has 1 amide bonds. The predicted octanol–water partition coefficient (Wildman–Crippen LogP) is 2.81. The fourth-order valence-corrected chi connectivity index (χ4v) is 3.58. The molecule has 2 rings (SSSR count). The number of nitrogens with one attached hydrogen (secondary N) is 1. The molecule has 0 aliphatic carbocycles. The molecule has 25 heavy (non-hydrogen) atoms. The van der Waals surface area contributed by atoms with Gasteiger partial charge in [-0.3, -0.25) is 4.79 Å². The van der Waals surface area contributed by atoms with Gasteiger partial charge in [0, 0.05) is 10.4 Å². The van der Waals surface area contributed by atoms with Crippen LogP contribution in [0.4, 0.5) is 5.00 Å². The highest BCUT2D eigenvalue weighted by atomic mass is 32.1. The van der Waals surface area contributed by atoms with Crippen LogP contribution in [-0.4, -0.2) is 31.1 Å². The number of quaternary nitrogens is 1. The van der Waals surface area contributed by atoms with Gasteiger partial charge in [-0.15, -0.1) is 11.3 Å². The minimum absolute atomic E-state index is 0.125. The Morgan fingerprint density at radius 3 is 2.52 bits per heavy atom. The minimum atomic E-state index is -0.408. The number of hydrogen-bond donors (Lipinski definition) is 2. The Bertz CT molecular complexity index is 739. The average molecular weight is 361 g/mol. The van der Waals surface area contributed by atoms with Crippen LogP contribution in [0.1, 0.15) is 36.0 Å². The number of esters is 1. The van der Waals surface area contributed by atoms with Crippen LogP contribution < -0.4 is 10.6 Å². The molecule has 0 spiro atoms. The summed E-state index contributed by atoms with van der Waals surface area (Å²) in [6.07, 6.45) is 0. The maximum absolute atomic E-state index is 12.5. The number of nitrogens with two attached hydrogens (primary N) is 1. The van der Waals surface area contributed by atoms with E-state index in [0.29, 0.717) is 23.2 Å². The molecule has 2 aromatic rings. The summed E-state index contributed by atoms with van der Waals surface area (Å²) in [5.74, 6) is -0.533. The molecule has 0 aliphatic rings. The Kier molecular flexibility index (Phi) is 6.73.